The molecule has 0 unspecified atom stereocenters. The molecule has 1 heterocycles. The Morgan fingerprint density at radius 2 is 2.10 bits per heavy atom. The van der Waals surface area contributed by atoms with E-state index in [0.717, 1.165) is 18.5 Å². The van der Waals surface area contributed by atoms with Gasteiger partial charge >= 0.3 is 0 Å². The summed E-state index contributed by atoms with van der Waals surface area (Å²) < 4.78 is 5.78. The maximum Gasteiger partial charge on any atom is 0.252 e. The number of nitrogens with zero attached hydrogens (tertiary/aromatic N) is 1. The van der Waals surface area contributed by atoms with Gasteiger partial charge in [-0.25, -0.2) is 4.98 Å². The first-order chi connectivity index (χ1) is 10.2. The number of carbonyl (C=O) groups is 1. The molecule has 0 atom stereocenters. The lowest BCUT2D eigenvalue weighted by Crippen LogP contribution is -2.15. The first-order valence-corrected chi connectivity index (χ1v) is 6.93. The largest absolute Gasteiger partial charge is 0.438 e. The van der Waals surface area contributed by atoms with Crippen molar-refractivity contribution in [3.05, 3.63) is 53.7 Å². The first-order valence-electron chi connectivity index (χ1n) is 6.93. The fourth-order valence-corrected chi connectivity index (χ4v) is 1.91. The van der Waals surface area contributed by atoms with Gasteiger partial charge < -0.3 is 15.8 Å². The molecule has 21 heavy (non-hydrogen) atoms. The number of aromatic nitrogens is 1. The van der Waals surface area contributed by atoms with E-state index in [1.165, 1.54) is 0 Å². The number of nitrogens with two attached hydrogens (primary N) is 1. The third-order valence-electron chi connectivity index (χ3n) is 2.95. The molecule has 2 rings (SSSR count). The number of hydrogen-bond donors (Lipinski definition) is 2. The van der Waals surface area contributed by atoms with Crippen LogP contribution in [0.4, 0.5) is 0 Å². The van der Waals surface area contributed by atoms with Crippen LogP contribution in [0.15, 0.2) is 42.6 Å². The van der Waals surface area contributed by atoms with Gasteiger partial charge in [-0.3, -0.25) is 4.79 Å². The standard InChI is InChI=1S/C16H19N3O2/c1-2-9-18-11-12-6-5-10-19-16(12)21-14-8-4-3-7-13(14)15(17)20/h3-8,10,18H,2,9,11H2,1H3,(H2,17,20). The lowest BCUT2D eigenvalue weighted by Gasteiger charge is -2.12. The summed E-state index contributed by atoms with van der Waals surface area (Å²) in [6.07, 6.45) is 2.71. The van der Waals surface area contributed by atoms with Crippen molar-refractivity contribution in [1.82, 2.24) is 10.3 Å². The van der Waals surface area contributed by atoms with Crippen molar-refractivity contribution in [3.63, 3.8) is 0 Å². The molecule has 0 fully saturated rings. The summed E-state index contributed by atoms with van der Waals surface area (Å²) in [7, 11) is 0. The molecule has 0 spiro atoms. The second-order valence-electron chi connectivity index (χ2n) is 4.61. The molecule has 1 aromatic carbocycles. The minimum atomic E-state index is -0.521. The normalized spacial score (nSPS) is 10.3. The molecule has 5 nitrogen and oxygen atoms in total. The number of para-hydroxylation sites is 1. The van der Waals surface area contributed by atoms with Crippen molar-refractivity contribution in [2.75, 3.05) is 6.54 Å². The van der Waals surface area contributed by atoms with Crippen LogP contribution in [0.5, 0.6) is 11.6 Å². The molecule has 0 aliphatic rings. The minimum Gasteiger partial charge on any atom is -0.438 e. The fourth-order valence-electron chi connectivity index (χ4n) is 1.91. The average Bonchev–Trinajstić information content (AvgIpc) is 2.49. The highest BCUT2D eigenvalue weighted by Gasteiger charge is 2.12. The minimum absolute atomic E-state index is 0.343. The smallest absolute Gasteiger partial charge is 0.252 e. The number of primary amides is 1. The molecule has 2 aromatic rings. The molecule has 0 bridgehead atoms. The molecule has 0 saturated carbocycles. The maximum atomic E-state index is 11.4. The lowest BCUT2D eigenvalue weighted by atomic mass is 10.2. The SMILES string of the molecule is CCCNCc1cccnc1Oc1ccccc1C(N)=O. The number of rotatable bonds is 7. The summed E-state index contributed by atoms with van der Waals surface area (Å²) in [5.41, 5.74) is 6.63. The van der Waals surface area contributed by atoms with E-state index in [-0.39, 0.29) is 0 Å². The van der Waals surface area contributed by atoms with E-state index in [1.54, 1.807) is 30.5 Å². The predicted octanol–water partition coefficient (Wildman–Crippen LogP) is 2.47. The van der Waals surface area contributed by atoms with Gasteiger partial charge in [0.05, 0.1) is 5.56 Å². The van der Waals surface area contributed by atoms with Crippen LogP contribution in [0.3, 0.4) is 0 Å². The van der Waals surface area contributed by atoms with E-state index in [0.29, 0.717) is 23.7 Å². The van der Waals surface area contributed by atoms with Crippen LogP contribution in [-0.2, 0) is 6.54 Å². The van der Waals surface area contributed by atoms with Crippen molar-refractivity contribution in [2.24, 2.45) is 5.73 Å². The first kappa shape index (κ1) is 15.0. The molecule has 110 valence electrons. The Morgan fingerprint density at radius 1 is 1.29 bits per heavy atom. The molecule has 1 amide bonds. The van der Waals surface area contributed by atoms with Crippen LogP contribution in [0, 0.1) is 0 Å². The second kappa shape index (κ2) is 7.40. The monoisotopic (exact) mass is 285 g/mol. The van der Waals surface area contributed by atoms with E-state index in [1.807, 2.05) is 12.1 Å². The number of amides is 1. The number of hydrogen-bond acceptors (Lipinski definition) is 4. The molecular weight excluding hydrogens is 266 g/mol. The van der Waals surface area contributed by atoms with E-state index in [2.05, 4.69) is 17.2 Å². The lowest BCUT2D eigenvalue weighted by molar-refractivity contribution is 0.0998. The van der Waals surface area contributed by atoms with Gasteiger partial charge in [0.2, 0.25) is 5.88 Å². The van der Waals surface area contributed by atoms with Crippen molar-refractivity contribution in [2.45, 2.75) is 19.9 Å². The highest BCUT2D eigenvalue weighted by Crippen LogP contribution is 2.26. The number of pyridine rings is 1. The number of nitrogens with one attached hydrogen (secondary N) is 1. The Balaban J connectivity index is 2.22. The molecule has 3 N–H and O–H groups in total. The van der Waals surface area contributed by atoms with Gasteiger partial charge in [0.1, 0.15) is 5.75 Å². The van der Waals surface area contributed by atoms with Crippen LogP contribution in [0.2, 0.25) is 0 Å². The van der Waals surface area contributed by atoms with Crippen LogP contribution >= 0.6 is 0 Å². The molecule has 0 aliphatic carbocycles. The Bertz CT molecular complexity index is 614. The quantitative estimate of drug-likeness (QED) is 0.766. The highest BCUT2D eigenvalue weighted by molar-refractivity contribution is 5.95. The third-order valence-corrected chi connectivity index (χ3v) is 2.95. The summed E-state index contributed by atoms with van der Waals surface area (Å²) in [5, 5.41) is 3.30. The van der Waals surface area contributed by atoms with Crippen molar-refractivity contribution < 1.29 is 9.53 Å². The van der Waals surface area contributed by atoms with E-state index < -0.39 is 5.91 Å². The Hall–Kier alpha value is -2.40. The number of carbonyl (C=O) groups excluding carboxylic acids is 1. The van der Waals surface area contributed by atoms with Crippen LogP contribution in [0.1, 0.15) is 29.3 Å². The summed E-state index contributed by atoms with van der Waals surface area (Å²) >= 11 is 0. The Kier molecular flexibility index (Phi) is 5.29. The molecular formula is C16H19N3O2. The van der Waals surface area contributed by atoms with E-state index >= 15 is 0 Å². The van der Waals surface area contributed by atoms with Crippen LogP contribution in [0.25, 0.3) is 0 Å². The third kappa shape index (κ3) is 4.03. The van der Waals surface area contributed by atoms with Crippen LogP contribution < -0.4 is 15.8 Å². The van der Waals surface area contributed by atoms with Gasteiger partial charge in [-0.05, 0) is 31.2 Å². The Labute approximate surface area is 124 Å². The Morgan fingerprint density at radius 3 is 2.86 bits per heavy atom. The topological polar surface area (TPSA) is 77.2 Å². The fraction of sp³-hybridized carbons (Fsp3) is 0.250. The zero-order valence-electron chi connectivity index (χ0n) is 12.0. The zero-order chi connectivity index (χ0) is 15.1. The molecule has 0 radical (unpaired) electrons. The summed E-state index contributed by atoms with van der Waals surface area (Å²) in [6, 6.07) is 10.7. The second-order valence-corrected chi connectivity index (χ2v) is 4.61. The van der Waals surface area contributed by atoms with Gasteiger partial charge in [0, 0.05) is 18.3 Å². The van der Waals surface area contributed by atoms with Gasteiger partial charge in [-0.2, -0.15) is 0 Å². The van der Waals surface area contributed by atoms with Crippen molar-refractivity contribution >= 4 is 5.91 Å². The summed E-state index contributed by atoms with van der Waals surface area (Å²) in [6.45, 7) is 3.69. The molecule has 1 aromatic heterocycles. The highest BCUT2D eigenvalue weighted by atomic mass is 16.5. The zero-order valence-corrected chi connectivity index (χ0v) is 12.0. The number of benzene rings is 1. The van der Waals surface area contributed by atoms with Gasteiger partial charge in [0.25, 0.3) is 5.91 Å². The van der Waals surface area contributed by atoms with E-state index in [4.69, 9.17) is 10.5 Å². The van der Waals surface area contributed by atoms with Crippen LogP contribution in [-0.4, -0.2) is 17.4 Å². The molecule has 0 aliphatic heterocycles. The van der Waals surface area contributed by atoms with Gasteiger partial charge in [0.15, 0.2) is 0 Å². The van der Waals surface area contributed by atoms with Crippen molar-refractivity contribution in [1.29, 1.82) is 0 Å². The maximum absolute atomic E-state index is 11.4. The number of ether oxygens (including phenoxy) is 1. The predicted molar refractivity (Wildman–Crippen MR) is 81.3 cm³/mol. The molecule has 5 heteroatoms. The average molecular weight is 285 g/mol. The summed E-state index contributed by atoms with van der Waals surface area (Å²) in [5.74, 6) is 0.377. The van der Waals surface area contributed by atoms with Crippen molar-refractivity contribution in [3.8, 4) is 11.6 Å². The molecule has 0 saturated heterocycles. The summed E-state index contributed by atoms with van der Waals surface area (Å²) in [4.78, 5) is 15.7. The van der Waals surface area contributed by atoms with Gasteiger partial charge in [-0.15, -0.1) is 0 Å². The van der Waals surface area contributed by atoms with Gasteiger partial charge in [-0.1, -0.05) is 25.1 Å². The van der Waals surface area contributed by atoms with E-state index in [9.17, 15) is 4.79 Å².